The molecular weight excluding hydrogens is 407 g/mol. The number of rotatable bonds is 4. The molecule has 1 aromatic heterocycles. The minimum absolute atomic E-state index is 0.0181. The maximum atomic E-state index is 13.1. The van der Waals surface area contributed by atoms with Crippen LogP contribution in [0.4, 0.5) is 19.0 Å². The van der Waals surface area contributed by atoms with Crippen LogP contribution in [0.3, 0.4) is 0 Å². The Morgan fingerprint density at radius 2 is 1.77 bits per heavy atom. The lowest BCUT2D eigenvalue weighted by Crippen LogP contribution is -2.48. The van der Waals surface area contributed by atoms with Crippen molar-refractivity contribution in [1.29, 1.82) is 0 Å². The molecule has 0 aliphatic carbocycles. The summed E-state index contributed by atoms with van der Waals surface area (Å²) in [5.74, 6) is -3.56. The number of benzene rings is 1. The van der Waals surface area contributed by atoms with Crippen LogP contribution in [0, 0.1) is 5.92 Å². The van der Waals surface area contributed by atoms with Gasteiger partial charge < -0.3 is 10.0 Å². The van der Waals surface area contributed by atoms with Gasteiger partial charge in [-0.1, -0.05) is 18.2 Å². The second kappa shape index (κ2) is 8.35. The van der Waals surface area contributed by atoms with Crippen LogP contribution >= 0.6 is 0 Å². The van der Waals surface area contributed by atoms with Crippen LogP contribution in [0.15, 0.2) is 36.4 Å². The van der Waals surface area contributed by atoms with Crippen LogP contribution < -0.4 is 15.8 Å². The van der Waals surface area contributed by atoms with E-state index in [-0.39, 0.29) is 23.6 Å². The molecule has 0 bridgehead atoms. The minimum Gasteiger partial charge on any atom is -0.474 e. The zero-order valence-corrected chi connectivity index (χ0v) is 15.3. The normalized spacial score (nSPS) is 14.0. The van der Waals surface area contributed by atoms with E-state index >= 15 is 0 Å². The van der Waals surface area contributed by atoms with Gasteiger partial charge >= 0.3 is 18.1 Å². The predicted molar refractivity (Wildman–Crippen MR) is 96.1 cm³/mol. The van der Waals surface area contributed by atoms with E-state index in [9.17, 15) is 27.6 Å². The average molecular weight is 423 g/mol. The van der Waals surface area contributed by atoms with E-state index in [1.807, 2.05) is 10.3 Å². The van der Waals surface area contributed by atoms with Crippen LogP contribution in [0.1, 0.15) is 21.6 Å². The summed E-state index contributed by atoms with van der Waals surface area (Å²) in [5.41, 5.74) is 3.03. The Labute approximate surface area is 167 Å². The number of halogens is 3. The van der Waals surface area contributed by atoms with E-state index in [0.717, 1.165) is 6.07 Å². The molecule has 12 heteroatoms. The van der Waals surface area contributed by atoms with Gasteiger partial charge in [-0.05, 0) is 36.1 Å². The summed E-state index contributed by atoms with van der Waals surface area (Å²) in [4.78, 5) is 34.8. The molecule has 3 rings (SSSR count). The number of amides is 2. The summed E-state index contributed by atoms with van der Waals surface area (Å²) < 4.78 is 39.3. The van der Waals surface area contributed by atoms with Gasteiger partial charge in [0, 0.05) is 13.1 Å². The third kappa shape index (κ3) is 4.82. The molecule has 0 unspecified atom stereocenters. The number of carbonyl (C=O) groups excluding carboxylic acids is 2. The van der Waals surface area contributed by atoms with Gasteiger partial charge in [-0.3, -0.25) is 20.4 Å². The standard InChI is InChI=1S/C18H16F3N5O4/c19-18(20,21)12-4-2-1-3-11(12)7-10-8-26(9-10)14-6-5-13(22-23-14)15(27)24-25-16(28)17(29)30/h1-6,10H,7-9H2,(H,24,27)(H,25,28)(H,29,30). The Bertz CT molecular complexity index is 959. The Balaban J connectivity index is 1.54. The lowest BCUT2D eigenvalue weighted by atomic mass is 9.90. The molecule has 2 amide bonds. The quantitative estimate of drug-likeness (QED) is 0.495. The highest BCUT2D eigenvalue weighted by molar-refractivity contribution is 6.31. The summed E-state index contributed by atoms with van der Waals surface area (Å²) in [6, 6.07) is 8.31. The van der Waals surface area contributed by atoms with Gasteiger partial charge in [0.25, 0.3) is 5.91 Å². The minimum atomic E-state index is -4.40. The highest BCUT2D eigenvalue weighted by Crippen LogP contribution is 2.34. The summed E-state index contributed by atoms with van der Waals surface area (Å²) in [6.07, 6.45) is -4.12. The van der Waals surface area contributed by atoms with E-state index < -0.39 is 29.5 Å². The fourth-order valence-electron chi connectivity index (χ4n) is 3.02. The number of hydrogen-bond acceptors (Lipinski definition) is 6. The molecule has 1 saturated heterocycles. The Morgan fingerprint density at radius 1 is 1.07 bits per heavy atom. The van der Waals surface area contributed by atoms with Gasteiger partial charge in [0.2, 0.25) is 0 Å². The number of aromatic nitrogens is 2. The molecule has 9 nitrogen and oxygen atoms in total. The number of nitrogens with one attached hydrogen (secondary N) is 2. The van der Waals surface area contributed by atoms with Crippen molar-refractivity contribution in [3.63, 3.8) is 0 Å². The molecule has 0 atom stereocenters. The average Bonchev–Trinajstić information content (AvgIpc) is 2.68. The molecule has 0 radical (unpaired) electrons. The van der Waals surface area contributed by atoms with Gasteiger partial charge in [0.05, 0.1) is 5.56 Å². The Kier molecular flexibility index (Phi) is 5.85. The highest BCUT2D eigenvalue weighted by atomic mass is 19.4. The van der Waals surface area contributed by atoms with Crippen LogP contribution in [0.25, 0.3) is 0 Å². The number of carboxylic acids is 1. The molecular formula is C18H16F3N5O4. The van der Waals surface area contributed by atoms with Crippen molar-refractivity contribution < 1.29 is 32.7 Å². The van der Waals surface area contributed by atoms with Crippen molar-refractivity contribution in [3.05, 3.63) is 53.2 Å². The third-order valence-electron chi connectivity index (χ3n) is 4.48. The molecule has 30 heavy (non-hydrogen) atoms. The number of aliphatic carboxylic acids is 1. The molecule has 158 valence electrons. The zero-order valence-electron chi connectivity index (χ0n) is 15.3. The maximum absolute atomic E-state index is 13.1. The van der Waals surface area contributed by atoms with Gasteiger partial charge in [-0.15, -0.1) is 10.2 Å². The van der Waals surface area contributed by atoms with E-state index in [1.54, 1.807) is 11.5 Å². The van der Waals surface area contributed by atoms with E-state index in [2.05, 4.69) is 10.2 Å². The fraction of sp³-hybridized carbons (Fsp3) is 0.278. The summed E-state index contributed by atoms with van der Waals surface area (Å²) >= 11 is 0. The lowest BCUT2D eigenvalue weighted by molar-refractivity contribution is -0.150. The topological polar surface area (TPSA) is 125 Å². The molecule has 2 heterocycles. The van der Waals surface area contributed by atoms with Crippen molar-refractivity contribution in [2.75, 3.05) is 18.0 Å². The molecule has 1 aromatic carbocycles. The number of alkyl halides is 3. The summed E-state index contributed by atoms with van der Waals surface area (Å²) in [7, 11) is 0. The zero-order chi connectivity index (χ0) is 21.9. The summed E-state index contributed by atoms with van der Waals surface area (Å²) in [6.45, 7) is 0.974. The van der Waals surface area contributed by atoms with Crippen molar-refractivity contribution in [2.24, 2.45) is 5.92 Å². The lowest BCUT2D eigenvalue weighted by Gasteiger charge is -2.40. The molecule has 3 N–H and O–H groups in total. The monoisotopic (exact) mass is 423 g/mol. The van der Waals surface area contributed by atoms with Gasteiger partial charge in [-0.25, -0.2) is 4.79 Å². The first-order valence-electron chi connectivity index (χ1n) is 8.72. The Hall–Kier alpha value is -3.70. The molecule has 1 fully saturated rings. The number of anilines is 1. The first kappa shape index (κ1) is 21.0. The van der Waals surface area contributed by atoms with E-state index in [0.29, 0.717) is 18.9 Å². The largest absolute Gasteiger partial charge is 0.474 e. The summed E-state index contributed by atoms with van der Waals surface area (Å²) in [5, 5.41) is 16.0. The number of hydrogen-bond donors (Lipinski definition) is 3. The van der Waals surface area contributed by atoms with Crippen molar-refractivity contribution >= 4 is 23.6 Å². The second-order valence-electron chi connectivity index (χ2n) is 6.62. The number of carboxylic acid groups (broad SMARTS) is 1. The number of nitrogens with zero attached hydrogens (tertiary/aromatic N) is 3. The fourth-order valence-corrected chi connectivity index (χ4v) is 3.02. The van der Waals surface area contributed by atoms with Crippen molar-refractivity contribution in [1.82, 2.24) is 21.0 Å². The van der Waals surface area contributed by atoms with Crippen LogP contribution in [0.5, 0.6) is 0 Å². The molecule has 0 spiro atoms. The smallest absolute Gasteiger partial charge is 0.416 e. The van der Waals surface area contributed by atoms with Crippen molar-refractivity contribution in [3.8, 4) is 0 Å². The SMILES string of the molecule is O=C(O)C(=O)NNC(=O)c1ccc(N2CC(Cc3ccccc3C(F)(F)F)C2)nn1. The Morgan fingerprint density at radius 3 is 2.37 bits per heavy atom. The van der Waals surface area contributed by atoms with Gasteiger partial charge in [0.1, 0.15) is 0 Å². The molecule has 2 aromatic rings. The first-order chi connectivity index (χ1) is 14.1. The van der Waals surface area contributed by atoms with Gasteiger partial charge in [0.15, 0.2) is 11.5 Å². The van der Waals surface area contributed by atoms with Crippen LogP contribution in [-0.2, 0) is 22.2 Å². The third-order valence-corrected chi connectivity index (χ3v) is 4.48. The molecule has 1 aliphatic rings. The maximum Gasteiger partial charge on any atom is 0.416 e. The second-order valence-corrected chi connectivity index (χ2v) is 6.62. The van der Waals surface area contributed by atoms with E-state index in [1.165, 1.54) is 24.3 Å². The van der Waals surface area contributed by atoms with Gasteiger partial charge in [-0.2, -0.15) is 13.2 Å². The van der Waals surface area contributed by atoms with E-state index in [4.69, 9.17) is 5.11 Å². The van der Waals surface area contributed by atoms with Crippen LogP contribution in [-0.4, -0.2) is 46.2 Å². The molecule has 0 saturated carbocycles. The number of hydrazine groups is 1. The first-order valence-corrected chi connectivity index (χ1v) is 8.72. The molecule has 1 aliphatic heterocycles. The number of carbonyl (C=O) groups is 3. The van der Waals surface area contributed by atoms with Crippen LogP contribution in [0.2, 0.25) is 0 Å². The predicted octanol–water partition coefficient (Wildman–Crippen LogP) is 1.02. The highest BCUT2D eigenvalue weighted by Gasteiger charge is 2.35. The van der Waals surface area contributed by atoms with Crippen molar-refractivity contribution in [2.45, 2.75) is 12.6 Å².